The highest BCUT2D eigenvalue weighted by molar-refractivity contribution is 6.31. The third kappa shape index (κ3) is 4.28. The van der Waals surface area contributed by atoms with Crippen LogP contribution in [0.2, 0.25) is 5.02 Å². The molecule has 2 atom stereocenters. The van der Waals surface area contributed by atoms with Crippen LogP contribution < -0.4 is 11.1 Å². The first-order valence-corrected chi connectivity index (χ1v) is 6.29. The van der Waals surface area contributed by atoms with Gasteiger partial charge in [0.05, 0.1) is 0 Å². The van der Waals surface area contributed by atoms with Crippen molar-refractivity contribution in [2.24, 2.45) is 5.73 Å². The lowest BCUT2D eigenvalue weighted by Gasteiger charge is -2.22. The molecule has 17 heavy (non-hydrogen) atoms. The van der Waals surface area contributed by atoms with E-state index in [2.05, 4.69) is 5.32 Å². The highest BCUT2D eigenvalue weighted by Crippen LogP contribution is 2.21. The summed E-state index contributed by atoms with van der Waals surface area (Å²) in [5, 5.41) is 13.0. The highest BCUT2D eigenvalue weighted by Gasteiger charge is 2.13. The molecule has 0 bridgehead atoms. The molecule has 0 heterocycles. The normalized spacial score (nSPS) is 14.6. The Hall–Kier alpha value is -0.610. The van der Waals surface area contributed by atoms with Crippen molar-refractivity contribution in [3.63, 3.8) is 0 Å². The summed E-state index contributed by atoms with van der Waals surface area (Å²) < 4.78 is 0. The number of nitrogens with one attached hydrogen (secondary N) is 1. The predicted molar refractivity (Wildman–Crippen MR) is 72.3 cm³/mol. The molecule has 1 rings (SSSR count). The minimum absolute atomic E-state index is 0.0784. The fourth-order valence-electron chi connectivity index (χ4n) is 1.75. The average Bonchev–Trinajstić information content (AvgIpc) is 2.30. The maximum absolute atomic E-state index is 8.88. The monoisotopic (exact) mass is 256 g/mol. The molecule has 1 aromatic carbocycles. The van der Waals surface area contributed by atoms with Crippen LogP contribution in [0.5, 0.6) is 0 Å². The molecular weight excluding hydrogens is 236 g/mol. The molecule has 1 aromatic rings. The Morgan fingerprint density at radius 3 is 2.71 bits per heavy atom. The third-order valence-electron chi connectivity index (χ3n) is 2.88. The Morgan fingerprint density at radius 2 is 2.18 bits per heavy atom. The van der Waals surface area contributed by atoms with Gasteiger partial charge >= 0.3 is 0 Å². The summed E-state index contributed by atoms with van der Waals surface area (Å²) >= 11 is 6.10. The molecular formula is C13H21ClN2O. The standard InChI is InChI=1S/C13H21ClN2O/c1-9-3-4-11(7-12(9)14)13(8-15)16-10(2)5-6-17/h3-4,7,10,13,16-17H,5-6,8,15H2,1-2H3. The largest absolute Gasteiger partial charge is 0.396 e. The van der Waals surface area contributed by atoms with E-state index in [9.17, 15) is 0 Å². The second kappa shape index (κ2) is 6.97. The van der Waals surface area contributed by atoms with E-state index in [0.29, 0.717) is 6.54 Å². The van der Waals surface area contributed by atoms with E-state index in [4.69, 9.17) is 22.4 Å². The van der Waals surface area contributed by atoms with Gasteiger partial charge in [-0.3, -0.25) is 0 Å². The fraction of sp³-hybridized carbons (Fsp3) is 0.538. The summed E-state index contributed by atoms with van der Waals surface area (Å²) in [5.41, 5.74) is 7.92. The summed E-state index contributed by atoms with van der Waals surface area (Å²) in [4.78, 5) is 0. The maximum atomic E-state index is 8.88. The van der Waals surface area contributed by atoms with Crippen molar-refractivity contribution in [3.05, 3.63) is 34.3 Å². The molecule has 0 aliphatic rings. The van der Waals surface area contributed by atoms with Crippen molar-refractivity contribution in [3.8, 4) is 0 Å². The van der Waals surface area contributed by atoms with Crippen LogP contribution in [0, 0.1) is 6.92 Å². The van der Waals surface area contributed by atoms with Crippen molar-refractivity contribution < 1.29 is 5.11 Å². The maximum Gasteiger partial charge on any atom is 0.0447 e. The third-order valence-corrected chi connectivity index (χ3v) is 3.29. The first kappa shape index (κ1) is 14.5. The molecule has 0 saturated heterocycles. The van der Waals surface area contributed by atoms with Crippen molar-refractivity contribution in [1.29, 1.82) is 0 Å². The topological polar surface area (TPSA) is 58.3 Å². The number of aryl methyl sites for hydroxylation is 1. The number of benzene rings is 1. The van der Waals surface area contributed by atoms with Crippen LogP contribution in [0.25, 0.3) is 0 Å². The summed E-state index contributed by atoms with van der Waals surface area (Å²) in [6.45, 7) is 4.70. The van der Waals surface area contributed by atoms with Crippen LogP contribution in [0.3, 0.4) is 0 Å². The van der Waals surface area contributed by atoms with Crippen LogP contribution in [0.1, 0.15) is 30.5 Å². The molecule has 0 spiro atoms. The quantitative estimate of drug-likeness (QED) is 0.730. The Labute approximate surface area is 108 Å². The molecule has 4 N–H and O–H groups in total. The molecule has 0 radical (unpaired) electrons. The van der Waals surface area contributed by atoms with Crippen molar-refractivity contribution in [2.45, 2.75) is 32.4 Å². The van der Waals surface area contributed by atoms with Gasteiger partial charge in [0, 0.05) is 30.3 Å². The molecule has 2 unspecified atom stereocenters. The Bertz CT molecular complexity index is 357. The zero-order valence-corrected chi connectivity index (χ0v) is 11.2. The number of aliphatic hydroxyl groups is 1. The van der Waals surface area contributed by atoms with Crippen LogP contribution in [0.4, 0.5) is 0 Å². The van der Waals surface area contributed by atoms with Crippen molar-refractivity contribution in [1.82, 2.24) is 5.32 Å². The van der Waals surface area contributed by atoms with Gasteiger partial charge in [-0.25, -0.2) is 0 Å². The summed E-state index contributed by atoms with van der Waals surface area (Å²) in [6, 6.07) is 6.30. The second-order valence-electron chi connectivity index (χ2n) is 4.38. The van der Waals surface area contributed by atoms with Gasteiger partial charge in [0.2, 0.25) is 0 Å². The number of nitrogens with two attached hydrogens (primary N) is 1. The Kier molecular flexibility index (Phi) is 5.92. The molecule has 4 heteroatoms. The van der Waals surface area contributed by atoms with E-state index >= 15 is 0 Å². The summed E-state index contributed by atoms with van der Waals surface area (Å²) in [7, 11) is 0. The second-order valence-corrected chi connectivity index (χ2v) is 4.78. The van der Waals surface area contributed by atoms with Gasteiger partial charge in [0.1, 0.15) is 0 Å². The smallest absolute Gasteiger partial charge is 0.0447 e. The fourth-order valence-corrected chi connectivity index (χ4v) is 1.94. The van der Waals surface area contributed by atoms with Crippen molar-refractivity contribution >= 4 is 11.6 Å². The molecule has 96 valence electrons. The Balaban J connectivity index is 2.75. The molecule has 0 fully saturated rings. The van der Waals surface area contributed by atoms with Crippen LogP contribution in [0.15, 0.2) is 18.2 Å². The van der Waals surface area contributed by atoms with E-state index in [1.807, 2.05) is 32.0 Å². The van der Waals surface area contributed by atoms with Crippen LogP contribution in [-0.4, -0.2) is 24.3 Å². The zero-order valence-electron chi connectivity index (χ0n) is 10.4. The first-order chi connectivity index (χ1) is 8.08. The molecule has 0 aliphatic heterocycles. The van der Waals surface area contributed by atoms with Gasteiger partial charge in [-0.15, -0.1) is 0 Å². The summed E-state index contributed by atoms with van der Waals surface area (Å²) in [5.74, 6) is 0. The molecule has 3 nitrogen and oxygen atoms in total. The van der Waals surface area contributed by atoms with Gasteiger partial charge in [0.25, 0.3) is 0 Å². The van der Waals surface area contributed by atoms with Gasteiger partial charge in [-0.2, -0.15) is 0 Å². The van der Waals surface area contributed by atoms with Gasteiger partial charge < -0.3 is 16.2 Å². The predicted octanol–water partition coefficient (Wildman–Crippen LogP) is 2.01. The molecule has 0 aromatic heterocycles. The number of halogens is 1. The van der Waals surface area contributed by atoms with E-state index in [-0.39, 0.29) is 18.7 Å². The lowest BCUT2D eigenvalue weighted by atomic mass is 10.0. The zero-order chi connectivity index (χ0) is 12.8. The number of hydrogen-bond acceptors (Lipinski definition) is 3. The lowest BCUT2D eigenvalue weighted by molar-refractivity contribution is 0.263. The summed E-state index contributed by atoms with van der Waals surface area (Å²) in [6.07, 6.45) is 0.718. The minimum Gasteiger partial charge on any atom is -0.396 e. The molecule has 0 saturated carbocycles. The van der Waals surface area contributed by atoms with Crippen molar-refractivity contribution in [2.75, 3.05) is 13.2 Å². The van der Waals surface area contributed by atoms with Gasteiger partial charge in [-0.05, 0) is 37.5 Å². The number of aliphatic hydroxyl groups excluding tert-OH is 1. The highest BCUT2D eigenvalue weighted by atomic mass is 35.5. The van der Waals surface area contributed by atoms with Gasteiger partial charge in [0.15, 0.2) is 0 Å². The average molecular weight is 257 g/mol. The van der Waals surface area contributed by atoms with E-state index < -0.39 is 0 Å². The van der Waals surface area contributed by atoms with Gasteiger partial charge in [-0.1, -0.05) is 23.7 Å². The molecule has 0 amide bonds. The molecule has 0 aliphatic carbocycles. The van der Waals surface area contributed by atoms with E-state index in [1.54, 1.807) is 0 Å². The minimum atomic E-state index is 0.0784. The van der Waals surface area contributed by atoms with E-state index in [0.717, 1.165) is 22.6 Å². The lowest BCUT2D eigenvalue weighted by Crippen LogP contribution is -2.35. The number of hydrogen-bond donors (Lipinski definition) is 3. The Morgan fingerprint density at radius 1 is 1.47 bits per heavy atom. The van der Waals surface area contributed by atoms with Crippen LogP contribution in [-0.2, 0) is 0 Å². The van der Waals surface area contributed by atoms with Crippen LogP contribution >= 0.6 is 11.6 Å². The SMILES string of the molecule is Cc1ccc(C(CN)NC(C)CCO)cc1Cl. The number of rotatable bonds is 6. The van der Waals surface area contributed by atoms with E-state index in [1.165, 1.54) is 0 Å². The first-order valence-electron chi connectivity index (χ1n) is 5.91.